The molecule has 34 heavy (non-hydrogen) atoms. The Morgan fingerprint density at radius 3 is 2.41 bits per heavy atom. The number of hydrogen-bond acceptors (Lipinski definition) is 4. The third-order valence-corrected chi connectivity index (χ3v) is 11.1. The fourth-order valence-electron chi connectivity index (χ4n) is 9.41. The zero-order chi connectivity index (χ0) is 24.8. The van der Waals surface area contributed by atoms with Gasteiger partial charge in [-0.1, -0.05) is 53.9 Å². The molecule has 0 saturated heterocycles. The van der Waals surface area contributed by atoms with Gasteiger partial charge in [-0.2, -0.15) is 0 Å². The highest BCUT2D eigenvalue weighted by Crippen LogP contribution is 2.68. The second-order valence-corrected chi connectivity index (χ2v) is 13.3. The highest BCUT2D eigenvalue weighted by molar-refractivity contribution is 5.67. The van der Waals surface area contributed by atoms with E-state index in [4.69, 9.17) is 4.74 Å². The van der Waals surface area contributed by atoms with Crippen LogP contribution in [0, 0.1) is 62.4 Å². The summed E-state index contributed by atoms with van der Waals surface area (Å²) in [5.41, 5.74) is 0.532. The lowest BCUT2D eigenvalue weighted by Crippen LogP contribution is -2.53. The molecule has 0 bridgehead atoms. The summed E-state index contributed by atoms with van der Waals surface area (Å²) in [6, 6.07) is 0. The Balaban J connectivity index is 1.53. The lowest BCUT2D eigenvalue weighted by atomic mass is 9.44. The van der Waals surface area contributed by atoms with Crippen LogP contribution in [0.25, 0.3) is 0 Å². The first kappa shape index (κ1) is 25.7. The first-order valence-electron chi connectivity index (χ1n) is 14.0. The molecule has 4 aliphatic carbocycles. The van der Waals surface area contributed by atoms with E-state index in [0.29, 0.717) is 41.8 Å². The molecule has 4 rings (SSSR count). The van der Waals surface area contributed by atoms with E-state index in [1.807, 2.05) is 0 Å². The normalized spacial score (nSPS) is 40.4. The molecule has 0 aromatic rings. The Bertz CT molecular complexity index is 834. The van der Waals surface area contributed by atoms with E-state index in [1.165, 1.54) is 58.3 Å². The van der Waals surface area contributed by atoms with Gasteiger partial charge in [-0.15, -0.1) is 0 Å². The quantitative estimate of drug-likeness (QED) is 0.215. The molecule has 4 aliphatic rings. The predicted octanol–water partition coefficient (Wildman–Crippen LogP) is 7.77. The Morgan fingerprint density at radius 2 is 1.76 bits per heavy atom. The summed E-state index contributed by atoms with van der Waals surface area (Å²) in [5.74, 6) is 4.68. The lowest BCUT2D eigenvalue weighted by molar-refractivity contribution is -0.436. The highest BCUT2D eigenvalue weighted by Gasteiger charge is 2.61. The summed E-state index contributed by atoms with van der Waals surface area (Å²) in [7, 11) is 0. The molecule has 0 unspecified atom stereocenters. The Morgan fingerprint density at radius 1 is 1.06 bits per heavy atom. The smallest absolute Gasteiger partial charge is 0.307 e. The fraction of sp³-hybridized carbons (Fsp3) is 0.897. The largest absolute Gasteiger partial charge is 0.424 e. The topological polar surface area (TPSA) is 69.4 Å². The third-order valence-electron chi connectivity index (χ3n) is 11.1. The molecule has 0 radical (unpaired) electrons. The average molecular weight is 474 g/mol. The van der Waals surface area contributed by atoms with Crippen LogP contribution in [0.1, 0.15) is 112 Å². The number of ether oxygens (including phenoxy) is 1. The average Bonchev–Trinajstić information content (AvgIpc) is 3.10. The van der Waals surface area contributed by atoms with Crippen molar-refractivity contribution < 1.29 is 14.5 Å². The lowest BCUT2D eigenvalue weighted by Gasteiger charge is -2.60. The van der Waals surface area contributed by atoms with E-state index >= 15 is 0 Å². The molecule has 8 atom stereocenters. The highest BCUT2D eigenvalue weighted by atomic mass is 16.6. The SMILES string of the molecule is CC(=O)OC1=C([N+](=O)[O-])C[C@@]2(C)[C@@H](CC[C@H]3[C@H]2CC[C@@]2(C)[C@@H]3CC[C@H]2[C@@H](C)CCCC(C)C)C1. The monoisotopic (exact) mass is 473 g/mol. The van der Waals surface area contributed by atoms with Gasteiger partial charge in [0.2, 0.25) is 0 Å². The van der Waals surface area contributed by atoms with E-state index in [9.17, 15) is 14.9 Å². The van der Waals surface area contributed by atoms with E-state index in [-0.39, 0.29) is 16.0 Å². The predicted molar refractivity (Wildman–Crippen MR) is 134 cm³/mol. The van der Waals surface area contributed by atoms with E-state index in [2.05, 4.69) is 34.6 Å². The van der Waals surface area contributed by atoms with Crippen molar-refractivity contribution in [3.63, 3.8) is 0 Å². The summed E-state index contributed by atoms with van der Waals surface area (Å²) >= 11 is 0. The number of fused-ring (bicyclic) bond motifs is 5. The maximum Gasteiger partial charge on any atom is 0.307 e. The Hall–Kier alpha value is -1.39. The van der Waals surface area contributed by atoms with Gasteiger partial charge < -0.3 is 4.74 Å². The van der Waals surface area contributed by atoms with Crippen molar-refractivity contribution in [1.82, 2.24) is 0 Å². The molecule has 0 N–H and O–H groups in total. The number of carbonyl (C=O) groups is 1. The summed E-state index contributed by atoms with van der Waals surface area (Å²) in [6.07, 6.45) is 12.6. The second-order valence-electron chi connectivity index (χ2n) is 13.3. The molecule has 0 aromatic carbocycles. The zero-order valence-electron chi connectivity index (χ0n) is 22.4. The number of rotatable bonds is 7. The first-order chi connectivity index (χ1) is 16.0. The van der Waals surface area contributed by atoms with E-state index < -0.39 is 5.97 Å². The molecule has 5 heteroatoms. The van der Waals surface area contributed by atoms with Gasteiger partial charge in [0.1, 0.15) is 0 Å². The summed E-state index contributed by atoms with van der Waals surface area (Å²) in [6.45, 7) is 13.4. The van der Waals surface area contributed by atoms with E-state index in [0.717, 1.165) is 30.1 Å². The van der Waals surface area contributed by atoms with Crippen molar-refractivity contribution in [2.45, 2.75) is 112 Å². The van der Waals surface area contributed by atoms with Crippen LogP contribution in [0.4, 0.5) is 0 Å². The van der Waals surface area contributed by atoms with Crippen molar-refractivity contribution in [2.24, 2.45) is 52.3 Å². The third kappa shape index (κ3) is 4.46. The zero-order valence-corrected chi connectivity index (χ0v) is 22.4. The molecule has 3 fully saturated rings. The molecule has 192 valence electrons. The van der Waals surface area contributed by atoms with Crippen LogP contribution in [0.3, 0.4) is 0 Å². The van der Waals surface area contributed by atoms with Crippen LogP contribution in [0.2, 0.25) is 0 Å². The molecular weight excluding hydrogens is 426 g/mol. The fourth-order valence-corrected chi connectivity index (χ4v) is 9.41. The molecule has 5 nitrogen and oxygen atoms in total. The van der Waals surface area contributed by atoms with Crippen molar-refractivity contribution >= 4 is 5.97 Å². The molecule has 0 amide bonds. The number of nitro groups is 1. The van der Waals surface area contributed by atoms with Crippen LogP contribution in [0.15, 0.2) is 11.5 Å². The van der Waals surface area contributed by atoms with Gasteiger partial charge in [0.15, 0.2) is 5.76 Å². The van der Waals surface area contributed by atoms with Crippen molar-refractivity contribution in [1.29, 1.82) is 0 Å². The van der Waals surface area contributed by atoms with Crippen LogP contribution in [0.5, 0.6) is 0 Å². The standard InChI is InChI=1S/C29H47NO4/c1-18(2)8-7-9-19(3)23-12-13-24-22-11-10-21-16-27(34-20(4)31)26(30(32)33)17-29(21,6)25(22)14-15-28(23,24)5/h18-19,21-25H,7-17H2,1-6H3/t19-,21-,22+,23-,24+,25+,28+,29-/m0/s1. The molecule has 0 aromatic heterocycles. The van der Waals surface area contributed by atoms with Gasteiger partial charge in [0, 0.05) is 19.8 Å². The first-order valence-corrected chi connectivity index (χ1v) is 14.0. The van der Waals surface area contributed by atoms with Gasteiger partial charge in [0.25, 0.3) is 5.70 Å². The van der Waals surface area contributed by atoms with Gasteiger partial charge >= 0.3 is 5.97 Å². The number of nitrogens with zero attached hydrogens (tertiary/aromatic N) is 1. The minimum atomic E-state index is -0.445. The molecule has 0 heterocycles. The van der Waals surface area contributed by atoms with Gasteiger partial charge in [0.05, 0.1) is 4.92 Å². The van der Waals surface area contributed by atoms with Crippen LogP contribution in [-0.4, -0.2) is 10.9 Å². The maximum absolute atomic E-state index is 12.0. The Labute approximate surface area is 206 Å². The number of esters is 1. The van der Waals surface area contributed by atoms with Gasteiger partial charge in [-0.05, 0) is 90.8 Å². The number of allylic oxidation sites excluding steroid dienone is 2. The minimum absolute atomic E-state index is 0.0583. The van der Waals surface area contributed by atoms with Crippen LogP contribution < -0.4 is 0 Å². The van der Waals surface area contributed by atoms with E-state index in [1.54, 1.807) is 0 Å². The van der Waals surface area contributed by atoms with Crippen LogP contribution >= 0.6 is 0 Å². The minimum Gasteiger partial charge on any atom is -0.424 e. The molecular formula is C29H47NO4. The second kappa shape index (κ2) is 9.58. The molecule has 0 aliphatic heterocycles. The number of carbonyl (C=O) groups excluding carboxylic acids is 1. The van der Waals surface area contributed by atoms with Crippen LogP contribution in [-0.2, 0) is 9.53 Å². The van der Waals surface area contributed by atoms with Crippen molar-refractivity contribution in [2.75, 3.05) is 0 Å². The summed E-state index contributed by atoms with van der Waals surface area (Å²) < 4.78 is 5.37. The van der Waals surface area contributed by atoms with Gasteiger partial charge in [-0.25, -0.2) is 0 Å². The summed E-state index contributed by atoms with van der Waals surface area (Å²) in [5, 5.41) is 12.0. The van der Waals surface area contributed by atoms with Gasteiger partial charge in [-0.3, -0.25) is 14.9 Å². The van der Waals surface area contributed by atoms with Crippen molar-refractivity contribution in [3.8, 4) is 0 Å². The Kier molecular flexibility index (Phi) is 7.24. The maximum atomic E-state index is 12.0. The molecule has 3 saturated carbocycles. The molecule has 0 spiro atoms. The number of hydrogen-bond donors (Lipinski definition) is 0. The summed E-state index contributed by atoms with van der Waals surface area (Å²) in [4.78, 5) is 23.3. The van der Waals surface area contributed by atoms with Crippen molar-refractivity contribution in [3.05, 3.63) is 21.6 Å².